The molecule has 5 rings (SSSR count). The average Bonchev–Trinajstić information content (AvgIpc) is 3.12. The Morgan fingerprint density at radius 3 is 2.26 bits per heavy atom. The van der Waals surface area contributed by atoms with E-state index in [-0.39, 0.29) is 23.8 Å². The highest BCUT2D eigenvalue weighted by molar-refractivity contribution is 7.19. The molecule has 3 aliphatic rings. The number of nitrogens with one attached hydrogen (secondary N) is 2. The van der Waals surface area contributed by atoms with Crippen LogP contribution in [0.25, 0.3) is 10.2 Å². The zero-order valence-electron chi connectivity index (χ0n) is 24.2. The number of hydrogen-bond acceptors (Lipinski definition) is 5. The first kappa shape index (κ1) is 28.1. The quantitative estimate of drug-likeness (QED) is 0.480. The molecule has 1 unspecified atom stereocenters. The summed E-state index contributed by atoms with van der Waals surface area (Å²) in [6.45, 7) is 11.2. The van der Waals surface area contributed by atoms with Crippen LogP contribution >= 0.6 is 11.3 Å². The van der Waals surface area contributed by atoms with Crippen LogP contribution in [-0.4, -0.2) is 69.8 Å². The van der Waals surface area contributed by atoms with Crippen LogP contribution in [0.15, 0.2) is 0 Å². The zero-order valence-corrected chi connectivity index (χ0v) is 25.0. The number of anilines is 1. The van der Waals surface area contributed by atoms with Crippen molar-refractivity contribution in [3.8, 4) is 0 Å². The number of thiophene rings is 1. The predicted molar refractivity (Wildman–Crippen MR) is 158 cm³/mol. The van der Waals surface area contributed by atoms with Gasteiger partial charge < -0.3 is 25.0 Å². The fourth-order valence-electron chi connectivity index (χ4n) is 6.77. The summed E-state index contributed by atoms with van der Waals surface area (Å²) in [6, 6.07) is 0.159. The molecule has 1 atom stereocenters. The van der Waals surface area contributed by atoms with Gasteiger partial charge in [0.25, 0.3) is 5.91 Å². The number of aromatic nitrogens is 1. The molecule has 2 aromatic heterocycles. The van der Waals surface area contributed by atoms with Crippen LogP contribution in [0.4, 0.5) is 5.69 Å². The Morgan fingerprint density at radius 1 is 0.974 bits per heavy atom. The van der Waals surface area contributed by atoms with Crippen LogP contribution in [0, 0.1) is 13.8 Å². The molecule has 4 heterocycles. The van der Waals surface area contributed by atoms with Gasteiger partial charge in [-0.15, -0.1) is 11.3 Å². The lowest BCUT2D eigenvalue weighted by Crippen LogP contribution is -2.65. The first-order valence-electron chi connectivity index (χ1n) is 15.0. The molecule has 0 radical (unpaired) electrons. The van der Waals surface area contributed by atoms with Gasteiger partial charge >= 0.3 is 0 Å². The van der Waals surface area contributed by atoms with Crippen LogP contribution in [0.1, 0.15) is 99.0 Å². The van der Waals surface area contributed by atoms with Gasteiger partial charge in [0.1, 0.15) is 16.1 Å². The topological polar surface area (TPSA) is 86.7 Å². The van der Waals surface area contributed by atoms with Crippen LogP contribution < -0.4 is 10.6 Å². The lowest BCUT2D eigenvalue weighted by molar-refractivity contribution is -0.133. The van der Waals surface area contributed by atoms with E-state index in [1.807, 2.05) is 23.3 Å². The van der Waals surface area contributed by atoms with Crippen molar-refractivity contribution in [1.82, 2.24) is 19.7 Å². The molecule has 39 heavy (non-hydrogen) atoms. The van der Waals surface area contributed by atoms with E-state index >= 15 is 0 Å². The molecule has 1 saturated heterocycles. The summed E-state index contributed by atoms with van der Waals surface area (Å²) in [5.41, 5.74) is 1.16. The van der Waals surface area contributed by atoms with E-state index in [1.165, 1.54) is 45.4 Å². The van der Waals surface area contributed by atoms with E-state index < -0.39 is 5.54 Å². The molecule has 0 bridgehead atoms. The lowest BCUT2D eigenvalue weighted by atomic mass is 9.93. The molecular weight excluding hydrogens is 510 g/mol. The van der Waals surface area contributed by atoms with Gasteiger partial charge in [-0.05, 0) is 65.1 Å². The van der Waals surface area contributed by atoms with Crippen molar-refractivity contribution in [1.29, 1.82) is 0 Å². The number of hydrogen-bond donors (Lipinski definition) is 2. The van der Waals surface area contributed by atoms with Crippen molar-refractivity contribution in [3.63, 3.8) is 0 Å². The average molecular weight is 556 g/mol. The molecule has 2 aliphatic heterocycles. The standard InChI is InChI=1S/C30H45N5O3S/c1-20-21(2)39-28-24(20)25(31-22(3)36)26-27(37)35(18-17-33-15-11-7-8-12-16-33)30(4,19-34(26)28)29(38)32-23-13-9-5-6-10-14-23/h23H,5-19H2,1-4H3,(H,31,36)(H,32,38). The maximum atomic E-state index is 14.5. The number of carbonyl (C=O) groups excluding carboxylic acids is 3. The molecule has 2 N–H and O–H groups in total. The van der Waals surface area contributed by atoms with Crippen LogP contribution in [0.2, 0.25) is 0 Å². The second-order valence-electron chi connectivity index (χ2n) is 12.1. The van der Waals surface area contributed by atoms with E-state index in [1.54, 1.807) is 11.3 Å². The molecule has 9 heteroatoms. The van der Waals surface area contributed by atoms with Crippen molar-refractivity contribution in [2.75, 3.05) is 31.5 Å². The molecule has 214 valence electrons. The smallest absolute Gasteiger partial charge is 0.273 e. The summed E-state index contributed by atoms with van der Waals surface area (Å²) in [4.78, 5) is 47.3. The van der Waals surface area contributed by atoms with Crippen LogP contribution in [0.5, 0.6) is 0 Å². The van der Waals surface area contributed by atoms with Crippen molar-refractivity contribution in [2.24, 2.45) is 0 Å². The minimum absolute atomic E-state index is 0.0582. The Hall–Kier alpha value is -2.39. The number of aryl methyl sites for hydroxylation is 2. The van der Waals surface area contributed by atoms with Gasteiger partial charge in [-0.3, -0.25) is 14.4 Å². The van der Waals surface area contributed by atoms with Crippen molar-refractivity contribution in [2.45, 2.75) is 110 Å². The Labute approximate surface area is 236 Å². The van der Waals surface area contributed by atoms with E-state index in [2.05, 4.69) is 22.5 Å². The maximum absolute atomic E-state index is 14.5. The minimum atomic E-state index is -1.02. The molecule has 8 nitrogen and oxygen atoms in total. The highest BCUT2D eigenvalue weighted by atomic mass is 32.1. The molecule has 3 amide bonds. The molecule has 0 spiro atoms. The largest absolute Gasteiger partial charge is 0.351 e. The SMILES string of the molecule is CC(=O)Nc1c2n(c3sc(C)c(C)c13)CC(C)(C(=O)NC1CCCCCC1)N(CCN1CCCCCC1)C2=O. The Kier molecular flexibility index (Phi) is 8.38. The molecule has 1 aliphatic carbocycles. The summed E-state index contributed by atoms with van der Waals surface area (Å²) < 4.78 is 2.02. The summed E-state index contributed by atoms with van der Waals surface area (Å²) in [7, 11) is 0. The summed E-state index contributed by atoms with van der Waals surface area (Å²) in [6.07, 6.45) is 11.6. The number of rotatable bonds is 6. The van der Waals surface area contributed by atoms with E-state index in [0.29, 0.717) is 24.5 Å². The number of fused-ring (bicyclic) bond motifs is 3. The predicted octanol–water partition coefficient (Wildman–Crippen LogP) is 5.21. The monoisotopic (exact) mass is 555 g/mol. The minimum Gasteiger partial charge on any atom is -0.351 e. The zero-order chi connectivity index (χ0) is 27.7. The summed E-state index contributed by atoms with van der Waals surface area (Å²) in [5, 5.41) is 7.30. The van der Waals surface area contributed by atoms with E-state index in [9.17, 15) is 14.4 Å². The Balaban J connectivity index is 1.54. The van der Waals surface area contributed by atoms with Gasteiger partial charge in [0, 0.05) is 36.3 Å². The van der Waals surface area contributed by atoms with E-state index in [0.717, 1.165) is 66.0 Å². The van der Waals surface area contributed by atoms with Gasteiger partial charge in [0.2, 0.25) is 11.8 Å². The molecular formula is C30H45N5O3S. The van der Waals surface area contributed by atoms with Crippen LogP contribution in [0.3, 0.4) is 0 Å². The van der Waals surface area contributed by atoms with Gasteiger partial charge in [-0.2, -0.15) is 0 Å². The third kappa shape index (κ3) is 5.49. The lowest BCUT2D eigenvalue weighted by Gasteiger charge is -2.45. The third-order valence-corrected chi connectivity index (χ3v) is 10.4. The molecule has 0 aromatic carbocycles. The third-order valence-electron chi connectivity index (χ3n) is 9.20. The number of likely N-dealkylation sites (tertiary alicyclic amines) is 1. The first-order chi connectivity index (χ1) is 18.7. The second-order valence-corrected chi connectivity index (χ2v) is 13.3. The normalized spacial score (nSPS) is 23.4. The summed E-state index contributed by atoms with van der Waals surface area (Å²) >= 11 is 1.63. The van der Waals surface area contributed by atoms with Crippen molar-refractivity contribution < 1.29 is 14.4 Å². The molecule has 2 fully saturated rings. The Bertz CT molecular complexity index is 1230. The van der Waals surface area contributed by atoms with Gasteiger partial charge in [0.15, 0.2) is 0 Å². The summed E-state index contributed by atoms with van der Waals surface area (Å²) in [5.74, 6) is -0.423. The van der Waals surface area contributed by atoms with E-state index in [4.69, 9.17) is 0 Å². The highest BCUT2D eigenvalue weighted by Crippen LogP contribution is 2.44. The van der Waals surface area contributed by atoms with Gasteiger partial charge in [0.05, 0.1) is 12.2 Å². The van der Waals surface area contributed by atoms with Crippen molar-refractivity contribution in [3.05, 3.63) is 16.1 Å². The molecule has 2 aromatic rings. The fraction of sp³-hybridized carbons (Fsp3) is 0.700. The number of amides is 3. The maximum Gasteiger partial charge on any atom is 0.273 e. The molecule has 1 saturated carbocycles. The highest BCUT2D eigenvalue weighted by Gasteiger charge is 2.49. The van der Waals surface area contributed by atoms with Crippen molar-refractivity contribution >= 4 is 45.0 Å². The number of carbonyl (C=O) groups is 3. The number of nitrogens with zero attached hydrogens (tertiary/aromatic N) is 3. The Morgan fingerprint density at radius 2 is 1.62 bits per heavy atom. The fourth-order valence-corrected chi connectivity index (χ4v) is 7.94. The second kappa shape index (κ2) is 11.6. The van der Waals surface area contributed by atoms with Gasteiger partial charge in [-0.1, -0.05) is 38.5 Å². The van der Waals surface area contributed by atoms with Crippen LogP contribution in [-0.2, 0) is 16.1 Å². The van der Waals surface area contributed by atoms with Gasteiger partial charge in [-0.25, -0.2) is 0 Å². The first-order valence-corrected chi connectivity index (χ1v) is 15.8.